The molecular weight excluding hydrogens is 434 g/mol. The van der Waals surface area contributed by atoms with Crippen LogP contribution in [-0.2, 0) is 14.8 Å². The van der Waals surface area contributed by atoms with E-state index in [2.05, 4.69) is 5.32 Å². The largest absolute Gasteiger partial charge is 0.324 e. The van der Waals surface area contributed by atoms with E-state index in [1.54, 1.807) is 31.2 Å². The van der Waals surface area contributed by atoms with Gasteiger partial charge in [-0.15, -0.1) is 0 Å². The minimum absolute atomic E-state index is 0.00195. The van der Waals surface area contributed by atoms with Gasteiger partial charge in [-0.25, -0.2) is 17.2 Å². The van der Waals surface area contributed by atoms with E-state index >= 15 is 0 Å². The molecule has 9 heteroatoms. The first-order valence-electron chi connectivity index (χ1n) is 8.77. The van der Waals surface area contributed by atoms with Crippen LogP contribution in [0.5, 0.6) is 0 Å². The Balaban J connectivity index is 1.95. The first-order valence-corrected chi connectivity index (χ1v) is 10.6. The summed E-state index contributed by atoms with van der Waals surface area (Å²) in [6.45, 7) is 1.16. The summed E-state index contributed by atoms with van der Waals surface area (Å²) >= 11 is 6.15. The molecule has 0 saturated heterocycles. The molecule has 3 aromatic carbocycles. The summed E-state index contributed by atoms with van der Waals surface area (Å²) < 4.78 is 53.8. The molecule has 156 valence electrons. The van der Waals surface area contributed by atoms with Crippen LogP contribution in [0, 0.1) is 18.6 Å². The van der Waals surface area contributed by atoms with Gasteiger partial charge in [0.15, 0.2) is 11.6 Å². The maximum atomic E-state index is 13.4. The average Bonchev–Trinajstić information content (AvgIpc) is 2.72. The Hall–Kier alpha value is -2.97. The molecule has 0 atom stereocenters. The zero-order valence-corrected chi connectivity index (χ0v) is 17.3. The summed E-state index contributed by atoms with van der Waals surface area (Å²) in [6, 6.07) is 15.1. The minimum atomic E-state index is -4.11. The van der Waals surface area contributed by atoms with E-state index in [0.717, 1.165) is 22.0 Å². The number of amides is 1. The second-order valence-corrected chi connectivity index (χ2v) is 8.70. The van der Waals surface area contributed by atoms with Crippen molar-refractivity contribution in [1.82, 2.24) is 0 Å². The molecule has 0 heterocycles. The number of aryl methyl sites for hydroxylation is 1. The number of rotatable bonds is 6. The van der Waals surface area contributed by atoms with Gasteiger partial charge in [0, 0.05) is 16.8 Å². The zero-order valence-electron chi connectivity index (χ0n) is 15.8. The fourth-order valence-corrected chi connectivity index (χ4v) is 4.29. The van der Waals surface area contributed by atoms with Gasteiger partial charge in [0.25, 0.3) is 10.0 Å². The maximum Gasteiger partial charge on any atom is 0.264 e. The predicted molar refractivity (Wildman–Crippen MR) is 112 cm³/mol. The van der Waals surface area contributed by atoms with E-state index in [1.807, 2.05) is 0 Å². The first kappa shape index (κ1) is 21.7. The lowest BCUT2D eigenvalue weighted by atomic mass is 10.2. The van der Waals surface area contributed by atoms with Gasteiger partial charge in [-0.05, 0) is 48.9 Å². The second kappa shape index (κ2) is 8.81. The maximum absolute atomic E-state index is 13.4. The van der Waals surface area contributed by atoms with Crippen LogP contribution in [-0.4, -0.2) is 20.9 Å². The number of nitrogens with zero attached hydrogens (tertiary/aromatic N) is 1. The lowest BCUT2D eigenvalue weighted by Crippen LogP contribution is -2.38. The number of carbonyl (C=O) groups excluding carboxylic acids is 1. The van der Waals surface area contributed by atoms with E-state index in [-0.39, 0.29) is 16.3 Å². The Labute approximate surface area is 178 Å². The Morgan fingerprint density at radius 3 is 2.33 bits per heavy atom. The highest BCUT2D eigenvalue weighted by molar-refractivity contribution is 7.92. The van der Waals surface area contributed by atoms with E-state index in [1.165, 1.54) is 30.3 Å². The van der Waals surface area contributed by atoms with Gasteiger partial charge in [0.1, 0.15) is 6.54 Å². The molecule has 1 amide bonds. The lowest BCUT2D eigenvalue weighted by molar-refractivity contribution is -0.114. The number of hydrogen-bond donors (Lipinski definition) is 1. The van der Waals surface area contributed by atoms with Crippen LogP contribution in [0.15, 0.2) is 71.6 Å². The Morgan fingerprint density at radius 1 is 1.00 bits per heavy atom. The van der Waals surface area contributed by atoms with Crippen LogP contribution >= 0.6 is 11.6 Å². The van der Waals surface area contributed by atoms with Gasteiger partial charge in [0.05, 0.1) is 10.6 Å². The van der Waals surface area contributed by atoms with Gasteiger partial charge in [-0.2, -0.15) is 0 Å². The molecule has 0 aliphatic rings. The van der Waals surface area contributed by atoms with Gasteiger partial charge >= 0.3 is 0 Å². The van der Waals surface area contributed by atoms with E-state index in [4.69, 9.17) is 11.6 Å². The Kier molecular flexibility index (Phi) is 6.38. The van der Waals surface area contributed by atoms with Crippen molar-refractivity contribution in [3.63, 3.8) is 0 Å². The molecule has 0 fully saturated rings. The van der Waals surface area contributed by atoms with Crippen LogP contribution < -0.4 is 9.62 Å². The van der Waals surface area contributed by atoms with Crippen molar-refractivity contribution in [2.24, 2.45) is 0 Å². The van der Waals surface area contributed by atoms with Gasteiger partial charge in [-0.1, -0.05) is 35.9 Å². The summed E-state index contributed by atoms with van der Waals surface area (Å²) in [4.78, 5) is 12.5. The van der Waals surface area contributed by atoms with Crippen molar-refractivity contribution < 1.29 is 22.0 Å². The fourth-order valence-electron chi connectivity index (χ4n) is 2.68. The Morgan fingerprint density at radius 2 is 1.70 bits per heavy atom. The summed E-state index contributed by atoms with van der Waals surface area (Å²) in [6.07, 6.45) is 0. The average molecular weight is 451 g/mol. The summed E-state index contributed by atoms with van der Waals surface area (Å²) in [5, 5.41) is 2.71. The molecule has 0 saturated carbocycles. The SMILES string of the molecule is Cc1ccc(N(CC(=O)Nc2ccc(F)c(F)c2)S(=O)(=O)c2ccccc2)cc1Cl. The van der Waals surface area contributed by atoms with Crippen molar-refractivity contribution in [2.45, 2.75) is 11.8 Å². The monoisotopic (exact) mass is 450 g/mol. The highest BCUT2D eigenvalue weighted by Crippen LogP contribution is 2.28. The lowest BCUT2D eigenvalue weighted by Gasteiger charge is -2.24. The number of nitrogens with one attached hydrogen (secondary N) is 1. The number of halogens is 3. The highest BCUT2D eigenvalue weighted by atomic mass is 35.5. The highest BCUT2D eigenvalue weighted by Gasteiger charge is 2.27. The van der Waals surface area contributed by atoms with Crippen LogP contribution in [0.2, 0.25) is 5.02 Å². The molecule has 30 heavy (non-hydrogen) atoms. The molecule has 3 aromatic rings. The summed E-state index contributed by atoms with van der Waals surface area (Å²) in [5.74, 6) is -2.93. The van der Waals surface area contributed by atoms with E-state index < -0.39 is 34.1 Å². The third-order valence-corrected chi connectivity index (χ3v) is 6.46. The molecule has 5 nitrogen and oxygen atoms in total. The van der Waals surface area contributed by atoms with Gasteiger partial charge in [0.2, 0.25) is 5.91 Å². The minimum Gasteiger partial charge on any atom is -0.324 e. The number of anilines is 2. The summed E-state index contributed by atoms with van der Waals surface area (Å²) in [7, 11) is -4.11. The molecule has 0 radical (unpaired) electrons. The molecule has 0 unspecified atom stereocenters. The molecule has 3 rings (SSSR count). The third-order valence-electron chi connectivity index (χ3n) is 4.27. The molecule has 0 aliphatic heterocycles. The van der Waals surface area contributed by atoms with Gasteiger partial charge in [-0.3, -0.25) is 9.10 Å². The molecular formula is C21H17ClF2N2O3S. The second-order valence-electron chi connectivity index (χ2n) is 6.44. The number of benzene rings is 3. The topological polar surface area (TPSA) is 66.5 Å². The van der Waals surface area contributed by atoms with Crippen LogP contribution in [0.4, 0.5) is 20.2 Å². The predicted octanol–water partition coefficient (Wildman–Crippen LogP) is 4.76. The molecule has 0 bridgehead atoms. The molecule has 0 spiro atoms. The molecule has 0 aliphatic carbocycles. The van der Waals surface area contributed by atoms with E-state index in [9.17, 15) is 22.0 Å². The quantitative estimate of drug-likeness (QED) is 0.588. The molecule has 0 aromatic heterocycles. The van der Waals surface area contributed by atoms with Crippen molar-refractivity contribution in [1.29, 1.82) is 0 Å². The molecule has 1 N–H and O–H groups in total. The van der Waals surface area contributed by atoms with Crippen molar-refractivity contribution >= 4 is 38.9 Å². The standard InChI is InChI=1S/C21H17ClF2N2O3S/c1-14-7-9-16(12-18(14)22)26(30(28,29)17-5-3-2-4-6-17)13-21(27)25-15-8-10-19(23)20(24)11-15/h2-12H,13H2,1H3,(H,25,27). The zero-order chi connectivity index (χ0) is 21.9. The Bertz CT molecular complexity index is 1190. The van der Waals surface area contributed by atoms with Crippen LogP contribution in [0.1, 0.15) is 5.56 Å². The van der Waals surface area contributed by atoms with Crippen LogP contribution in [0.3, 0.4) is 0 Å². The number of hydrogen-bond acceptors (Lipinski definition) is 3. The summed E-state index contributed by atoms with van der Waals surface area (Å²) in [5.41, 5.74) is 0.927. The van der Waals surface area contributed by atoms with E-state index in [0.29, 0.717) is 5.02 Å². The van der Waals surface area contributed by atoms with Crippen molar-refractivity contribution in [3.8, 4) is 0 Å². The van der Waals surface area contributed by atoms with Crippen molar-refractivity contribution in [3.05, 3.63) is 89.0 Å². The normalized spacial score (nSPS) is 11.2. The third kappa shape index (κ3) is 4.77. The fraction of sp³-hybridized carbons (Fsp3) is 0.0952. The van der Waals surface area contributed by atoms with Crippen molar-refractivity contribution in [2.75, 3.05) is 16.2 Å². The van der Waals surface area contributed by atoms with Crippen LogP contribution in [0.25, 0.3) is 0 Å². The first-order chi connectivity index (χ1) is 14.2. The van der Waals surface area contributed by atoms with Gasteiger partial charge < -0.3 is 5.32 Å². The number of carbonyl (C=O) groups is 1. The smallest absolute Gasteiger partial charge is 0.264 e. The number of sulfonamides is 1.